The molecule has 19 heavy (non-hydrogen) atoms. The van der Waals surface area contributed by atoms with Gasteiger partial charge in [0.25, 0.3) is 0 Å². The zero-order chi connectivity index (χ0) is 14.0. The molecule has 0 aromatic carbocycles. The van der Waals surface area contributed by atoms with Crippen LogP contribution in [0, 0.1) is 6.92 Å². The van der Waals surface area contributed by atoms with Gasteiger partial charge in [-0.05, 0) is 20.3 Å². The van der Waals surface area contributed by atoms with Crippen molar-refractivity contribution in [3.05, 3.63) is 16.4 Å². The Hall–Kier alpha value is -0.650. The number of morpholine rings is 1. The van der Waals surface area contributed by atoms with E-state index in [-0.39, 0.29) is 12.5 Å². The molecule has 0 radical (unpaired) electrons. The third-order valence-electron chi connectivity index (χ3n) is 3.47. The molecule has 2 rings (SSSR count). The van der Waals surface area contributed by atoms with Crippen molar-refractivity contribution >= 4 is 11.6 Å². The highest BCUT2D eigenvalue weighted by Crippen LogP contribution is 2.29. The Morgan fingerprint density at radius 1 is 1.63 bits per heavy atom. The van der Waals surface area contributed by atoms with E-state index in [0.29, 0.717) is 24.7 Å². The van der Waals surface area contributed by atoms with Crippen LogP contribution in [0.15, 0.2) is 0 Å². The fourth-order valence-electron chi connectivity index (χ4n) is 2.56. The van der Waals surface area contributed by atoms with E-state index in [9.17, 15) is 4.39 Å². The highest BCUT2D eigenvalue weighted by atomic mass is 35.5. The van der Waals surface area contributed by atoms with Gasteiger partial charge < -0.3 is 10.1 Å². The summed E-state index contributed by atoms with van der Waals surface area (Å²) < 4.78 is 21.8. The lowest BCUT2D eigenvalue weighted by atomic mass is 9.93. The Labute approximate surface area is 118 Å². The molecule has 1 aromatic heterocycles. The molecule has 0 saturated carbocycles. The predicted octanol–water partition coefficient (Wildman–Crippen LogP) is 2.03. The van der Waals surface area contributed by atoms with Crippen LogP contribution in [0.2, 0.25) is 5.02 Å². The zero-order valence-electron chi connectivity index (χ0n) is 11.7. The number of nitrogens with zero attached hydrogens (tertiary/aromatic N) is 2. The second kappa shape index (κ2) is 5.77. The summed E-state index contributed by atoms with van der Waals surface area (Å²) in [5.41, 5.74) is 0.164. The van der Waals surface area contributed by atoms with Gasteiger partial charge in [0.2, 0.25) is 0 Å². The van der Waals surface area contributed by atoms with Crippen LogP contribution in [0.1, 0.15) is 24.7 Å². The van der Waals surface area contributed by atoms with E-state index < -0.39 is 5.67 Å². The number of rotatable bonds is 4. The molecule has 0 spiro atoms. The summed E-state index contributed by atoms with van der Waals surface area (Å²) in [6, 6.07) is 0.0665. The molecular formula is C13H21ClFN3O. The lowest BCUT2D eigenvalue weighted by Crippen LogP contribution is -2.45. The first-order chi connectivity index (χ1) is 8.89. The van der Waals surface area contributed by atoms with Gasteiger partial charge in [0.15, 0.2) is 0 Å². The maximum atomic E-state index is 14.7. The summed E-state index contributed by atoms with van der Waals surface area (Å²) in [6.07, 6.45) is 0.676. The zero-order valence-corrected chi connectivity index (χ0v) is 12.4. The number of hydrogen-bond donors (Lipinski definition) is 1. The monoisotopic (exact) mass is 289 g/mol. The summed E-state index contributed by atoms with van der Waals surface area (Å²) in [7, 11) is 1.80. The van der Waals surface area contributed by atoms with Crippen LogP contribution in [0.5, 0.6) is 0 Å². The number of ether oxygens (including phenoxy) is 1. The second-order valence-corrected chi connectivity index (χ2v) is 5.87. The van der Waals surface area contributed by atoms with Crippen LogP contribution in [0.3, 0.4) is 0 Å². The number of aryl methyl sites for hydroxylation is 2. The van der Waals surface area contributed by atoms with Crippen molar-refractivity contribution in [1.82, 2.24) is 15.1 Å². The van der Waals surface area contributed by atoms with Gasteiger partial charge in [0.05, 0.1) is 29.6 Å². The van der Waals surface area contributed by atoms with Crippen LogP contribution in [0.4, 0.5) is 4.39 Å². The van der Waals surface area contributed by atoms with Crippen molar-refractivity contribution in [2.45, 2.75) is 38.4 Å². The predicted molar refractivity (Wildman–Crippen MR) is 73.4 cm³/mol. The molecular weight excluding hydrogens is 269 g/mol. The average molecular weight is 290 g/mol. The van der Waals surface area contributed by atoms with Crippen molar-refractivity contribution in [1.29, 1.82) is 0 Å². The minimum atomic E-state index is -1.33. The molecule has 1 aliphatic rings. The van der Waals surface area contributed by atoms with Crippen LogP contribution in [0.25, 0.3) is 0 Å². The normalized spacial score (nSPS) is 23.3. The van der Waals surface area contributed by atoms with E-state index in [1.165, 1.54) is 0 Å². The standard InChI is InChI=1S/C13H21ClFN3O/c1-9-12(14)11(18(3)17-9)7-13(2,15)6-10-8-19-5-4-16-10/h10,16H,4-8H2,1-3H3. The van der Waals surface area contributed by atoms with Crippen molar-refractivity contribution in [3.8, 4) is 0 Å². The van der Waals surface area contributed by atoms with Crippen molar-refractivity contribution < 1.29 is 9.13 Å². The number of halogens is 2. The fraction of sp³-hybridized carbons (Fsp3) is 0.769. The molecule has 1 N–H and O–H groups in total. The van der Waals surface area contributed by atoms with Gasteiger partial charge in [-0.1, -0.05) is 11.6 Å². The smallest absolute Gasteiger partial charge is 0.115 e. The Morgan fingerprint density at radius 3 is 2.89 bits per heavy atom. The number of alkyl halides is 1. The lowest BCUT2D eigenvalue weighted by molar-refractivity contribution is 0.0479. The quantitative estimate of drug-likeness (QED) is 0.922. The minimum Gasteiger partial charge on any atom is -0.379 e. The van der Waals surface area contributed by atoms with E-state index in [1.807, 2.05) is 6.92 Å². The maximum Gasteiger partial charge on any atom is 0.115 e. The Balaban J connectivity index is 2.03. The SMILES string of the molecule is Cc1nn(C)c(CC(C)(F)CC2COCCN2)c1Cl. The summed E-state index contributed by atoms with van der Waals surface area (Å²) in [4.78, 5) is 0. The van der Waals surface area contributed by atoms with Crippen LogP contribution < -0.4 is 5.32 Å². The average Bonchev–Trinajstić information content (AvgIpc) is 2.56. The highest BCUT2D eigenvalue weighted by Gasteiger charge is 2.31. The molecule has 108 valence electrons. The Bertz CT molecular complexity index is 441. The number of hydrogen-bond acceptors (Lipinski definition) is 3. The van der Waals surface area contributed by atoms with Gasteiger partial charge in [0.1, 0.15) is 5.67 Å². The Kier molecular flexibility index (Phi) is 4.48. The van der Waals surface area contributed by atoms with Crippen molar-refractivity contribution in [2.24, 2.45) is 7.05 Å². The molecule has 1 saturated heterocycles. The summed E-state index contributed by atoms with van der Waals surface area (Å²) in [5.74, 6) is 0. The Morgan fingerprint density at radius 2 is 2.37 bits per heavy atom. The molecule has 1 aliphatic heterocycles. The van der Waals surface area contributed by atoms with E-state index in [0.717, 1.165) is 17.9 Å². The van der Waals surface area contributed by atoms with Crippen LogP contribution >= 0.6 is 11.6 Å². The molecule has 0 amide bonds. The summed E-state index contributed by atoms with van der Waals surface area (Å²) >= 11 is 6.17. The third-order valence-corrected chi connectivity index (χ3v) is 3.96. The van der Waals surface area contributed by atoms with Gasteiger partial charge in [-0.25, -0.2) is 4.39 Å². The maximum absolute atomic E-state index is 14.7. The summed E-state index contributed by atoms with van der Waals surface area (Å²) in [5, 5.41) is 8.06. The van der Waals surface area contributed by atoms with Crippen molar-refractivity contribution in [3.63, 3.8) is 0 Å². The minimum absolute atomic E-state index is 0.0665. The lowest BCUT2D eigenvalue weighted by Gasteiger charge is -2.30. The molecule has 1 aromatic rings. The molecule has 1 fully saturated rings. The van der Waals surface area contributed by atoms with Gasteiger partial charge >= 0.3 is 0 Å². The largest absolute Gasteiger partial charge is 0.379 e. The fourth-order valence-corrected chi connectivity index (χ4v) is 2.78. The molecule has 0 aliphatic carbocycles. The third kappa shape index (κ3) is 3.68. The van der Waals surface area contributed by atoms with Gasteiger partial charge in [-0.2, -0.15) is 5.10 Å². The molecule has 0 bridgehead atoms. The molecule has 4 nitrogen and oxygen atoms in total. The first-order valence-electron chi connectivity index (χ1n) is 6.57. The van der Waals surface area contributed by atoms with E-state index >= 15 is 0 Å². The number of nitrogens with one attached hydrogen (secondary N) is 1. The first kappa shape index (κ1) is 14.8. The highest BCUT2D eigenvalue weighted by molar-refractivity contribution is 6.31. The van der Waals surface area contributed by atoms with E-state index in [1.54, 1.807) is 18.7 Å². The van der Waals surface area contributed by atoms with Gasteiger partial charge in [-0.15, -0.1) is 0 Å². The molecule has 2 unspecified atom stereocenters. The topological polar surface area (TPSA) is 39.1 Å². The van der Waals surface area contributed by atoms with E-state index in [4.69, 9.17) is 16.3 Å². The molecule has 6 heteroatoms. The van der Waals surface area contributed by atoms with Crippen molar-refractivity contribution in [2.75, 3.05) is 19.8 Å². The van der Waals surface area contributed by atoms with E-state index in [2.05, 4.69) is 10.4 Å². The first-order valence-corrected chi connectivity index (χ1v) is 6.95. The van der Waals surface area contributed by atoms with Crippen LogP contribution in [-0.2, 0) is 18.2 Å². The number of aromatic nitrogens is 2. The molecule has 2 heterocycles. The second-order valence-electron chi connectivity index (χ2n) is 5.49. The molecule has 2 atom stereocenters. The van der Waals surface area contributed by atoms with Gasteiger partial charge in [-0.3, -0.25) is 4.68 Å². The van der Waals surface area contributed by atoms with Gasteiger partial charge in [0, 0.05) is 26.1 Å². The van der Waals surface area contributed by atoms with Crippen LogP contribution in [-0.4, -0.2) is 41.2 Å². The summed E-state index contributed by atoms with van der Waals surface area (Å²) in [6.45, 7) is 5.50.